The standard InChI is InChI=1S/C12H20N6O/c13-12(19)9-7-14-4-6-17(9)8-11-16-15-10-3-1-2-5-18(10)11/h9,14H,1-8H2,(H2,13,19). The number of nitrogens with zero attached hydrogens (tertiary/aromatic N) is 4. The number of hydrogen-bond acceptors (Lipinski definition) is 5. The second kappa shape index (κ2) is 5.26. The molecule has 2 aliphatic rings. The van der Waals surface area contributed by atoms with Crippen molar-refractivity contribution >= 4 is 5.91 Å². The zero-order chi connectivity index (χ0) is 13.2. The number of aromatic nitrogens is 3. The topological polar surface area (TPSA) is 89.1 Å². The maximum absolute atomic E-state index is 11.5. The summed E-state index contributed by atoms with van der Waals surface area (Å²) < 4.78 is 2.20. The molecule has 2 aliphatic heterocycles. The van der Waals surface area contributed by atoms with Crippen LogP contribution in [0.25, 0.3) is 0 Å². The Labute approximate surface area is 112 Å². The van der Waals surface area contributed by atoms with Crippen LogP contribution >= 0.6 is 0 Å². The van der Waals surface area contributed by atoms with Crippen LogP contribution in [0.2, 0.25) is 0 Å². The lowest BCUT2D eigenvalue weighted by molar-refractivity contribution is -0.124. The SMILES string of the molecule is NC(=O)C1CNCCN1Cc1nnc2n1CCCC2. The molecule has 3 heterocycles. The minimum Gasteiger partial charge on any atom is -0.368 e. The summed E-state index contributed by atoms with van der Waals surface area (Å²) in [5.74, 6) is 1.76. The van der Waals surface area contributed by atoms with Crippen molar-refractivity contribution in [1.29, 1.82) is 0 Å². The van der Waals surface area contributed by atoms with Crippen LogP contribution in [0.5, 0.6) is 0 Å². The molecule has 1 amide bonds. The van der Waals surface area contributed by atoms with Crippen molar-refractivity contribution in [3.63, 3.8) is 0 Å². The Balaban J connectivity index is 1.76. The van der Waals surface area contributed by atoms with Gasteiger partial charge in [-0.15, -0.1) is 10.2 Å². The fourth-order valence-electron chi connectivity index (χ4n) is 2.88. The lowest BCUT2D eigenvalue weighted by Crippen LogP contribution is -2.56. The zero-order valence-corrected chi connectivity index (χ0v) is 11.0. The van der Waals surface area contributed by atoms with Gasteiger partial charge >= 0.3 is 0 Å². The number of nitrogens with one attached hydrogen (secondary N) is 1. The first kappa shape index (κ1) is 12.6. The molecular formula is C12H20N6O. The van der Waals surface area contributed by atoms with Gasteiger partial charge in [-0.1, -0.05) is 0 Å². The summed E-state index contributed by atoms with van der Waals surface area (Å²) in [6.45, 7) is 3.96. The van der Waals surface area contributed by atoms with Crippen LogP contribution in [-0.2, 0) is 24.3 Å². The van der Waals surface area contributed by atoms with Crippen LogP contribution in [0.1, 0.15) is 24.5 Å². The normalized spacial score (nSPS) is 24.1. The van der Waals surface area contributed by atoms with Crippen LogP contribution in [-0.4, -0.2) is 51.2 Å². The highest BCUT2D eigenvalue weighted by Gasteiger charge is 2.28. The van der Waals surface area contributed by atoms with Gasteiger partial charge in [0.05, 0.1) is 6.54 Å². The van der Waals surface area contributed by atoms with Gasteiger partial charge < -0.3 is 15.6 Å². The molecule has 1 aromatic heterocycles. The van der Waals surface area contributed by atoms with Crippen molar-refractivity contribution in [3.05, 3.63) is 11.6 Å². The molecule has 0 aliphatic carbocycles. The summed E-state index contributed by atoms with van der Waals surface area (Å²) in [7, 11) is 0. The molecule has 1 saturated heterocycles. The van der Waals surface area contributed by atoms with E-state index in [2.05, 4.69) is 25.0 Å². The molecule has 0 saturated carbocycles. The Hall–Kier alpha value is -1.47. The van der Waals surface area contributed by atoms with E-state index in [1.54, 1.807) is 0 Å². The highest BCUT2D eigenvalue weighted by molar-refractivity contribution is 5.80. The van der Waals surface area contributed by atoms with Crippen LogP contribution in [0.3, 0.4) is 0 Å². The van der Waals surface area contributed by atoms with E-state index in [9.17, 15) is 4.79 Å². The quantitative estimate of drug-likeness (QED) is 0.721. The number of aryl methyl sites for hydroxylation is 1. The number of piperazine rings is 1. The Kier molecular flexibility index (Phi) is 3.48. The molecule has 7 nitrogen and oxygen atoms in total. The maximum atomic E-state index is 11.5. The lowest BCUT2D eigenvalue weighted by atomic mass is 10.1. The van der Waals surface area contributed by atoms with Crippen molar-refractivity contribution in [2.45, 2.75) is 38.4 Å². The molecule has 19 heavy (non-hydrogen) atoms. The molecule has 3 N–H and O–H groups in total. The third-order valence-electron chi connectivity index (χ3n) is 3.96. The first-order valence-electron chi connectivity index (χ1n) is 6.91. The molecule has 1 atom stereocenters. The van der Waals surface area contributed by atoms with Crippen molar-refractivity contribution < 1.29 is 4.79 Å². The van der Waals surface area contributed by atoms with Gasteiger partial charge in [0.25, 0.3) is 0 Å². The fourth-order valence-corrected chi connectivity index (χ4v) is 2.88. The molecule has 0 aromatic carbocycles. The molecule has 1 aromatic rings. The number of carbonyl (C=O) groups excluding carboxylic acids is 1. The van der Waals surface area contributed by atoms with E-state index in [-0.39, 0.29) is 11.9 Å². The number of amides is 1. The van der Waals surface area contributed by atoms with Gasteiger partial charge in [-0.05, 0) is 12.8 Å². The van der Waals surface area contributed by atoms with Crippen LogP contribution in [0.4, 0.5) is 0 Å². The third-order valence-corrected chi connectivity index (χ3v) is 3.96. The maximum Gasteiger partial charge on any atom is 0.236 e. The van der Waals surface area contributed by atoms with Gasteiger partial charge in [0, 0.05) is 32.6 Å². The van der Waals surface area contributed by atoms with Crippen molar-refractivity contribution in [2.75, 3.05) is 19.6 Å². The minimum atomic E-state index is -0.273. The Morgan fingerprint density at radius 1 is 1.37 bits per heavy atom. The van der Waals surface area contributed by atoms with Crippen LogP contribution < -0.4 is 11.1 Å². The zero-order valence-electron chi connectivity index (χ0n) is 11.0. The Morgan fingerprint density at radius 3 is 3.11 bits per heavy atom. The minimum absolute atomic E-state index is 0.245. The molecule has 7 heteroatoms. The van der Waals surface area contributed by atoms with Gasteiger partial charge in [-0.25, -0.2) is 0 Å². The first-order valence-corrected chi connectivity index (χ1v) is 6.91. The number of rotatable bonds is 3. The number of fused-ring (bicyclic) bond motifs is 1. The summed E-state index contributed by atoms with van der Waals surface area (Å²) >= 11 is 0. The average molecular weight is 264 g/mol. The van der Waals surface area contributed by atoms with Crippen molar-refractivity contribution in [1.82, 2.24) is 25.0 Å². The monoisotopic (exact) mass is 264 g/mol. The number of carbonyl (C=O) groups is 1. The van der Waals surface area contributed by atoms with E-state index in [0.29, 0.717) is 13.1 Å². The van der Waals surface area contributed by atoms with Crippen molar-refractivity contribution in [2.24, 2.45) is 5.73 Å². The van der Waals surface area contributed by atoms with Gasteiger partial charge in [-0.3, -0.25) is 9.69 Å². The number of hydrogen-bond donors (Lipinski definition) is 2. The second-order valence-corrected chi connectivity index (χ2v) is 5.23. The molecule has 104 valence electrons. The number of nitrogens with two attached hydrogens (primary N) is 1. The Morgan fingerprint density at radius 2 is 2.26 bits per heavy atom. The highest BCUT2D eigenvalue weighted by Crippen LogP contribution is 2.16. The van der Waals surface area contributed by atoms with Crippen molar-refractivity contribution in [3.8, 4) is 0 Å². The first-order chi connectivity index (χ1) is 9.25. The summed E-state index contributed by atoms with van der Waals surface area (Å²) in [5.41, 5.74) is 5.46. The molecule has 0 bridgehead atoms. The summed E-state index contributed by atoms with van der Waals surface area (Å²) in [6, 6.07) is -0.245. The summed E-state index contributed by atoms with van der Waals surface area (Å²) in [4.78, 5) is 13.6. The molecule has 3 rings (SSSR count). The Bertz CT molecular complexity index is 471. The molecular weight excluding hydrogens is 244 g/mol. The fraction of sp³-hybridized carbons (Fsp3) is 0.750. The average Bonchev–Trinajstić information content (AvgIpc) is 2.83. The smallest absolute Gasteiger partial charge is 0.236 e. The van der Waals surface area contributed by atoms with E-state index in [0.717, 1.165) is 37.7 Å². The molecule has 0 spiro atoms. The van der Waals surface area contributed by atoms with E-state index in [1.807, 2.05) is 0 Å². The van der Waals surface area contributed by atoms with Crippen LogP contribution in [0, 0.1) is 0 Å². The lowest BCUT2D eigenvalue weighted by Gasteiger charge is -2.33. The van der Waals surface area contributed by atoms with Gasteiger partial charge in [-0.2, -0.15) is 0 Å². The third kappa shape index (κ3) is 2.48. The predicted octanol–water partition coefficient (Wildman–Crippen LogP) is -1.13. The molecule has 1 fully saturated rings. The van der Waals surface area contributed by atoms with Crippen LogP contribution in [0.15, 0.2) is 0 Å². The van der Waals surface area contributed by atoms with Gasteiger partial charge in [0.2, 0.25) is 5.91 Å². The molecule has 0 radical (unpaired) electrons. The van der Waals surface area contributed by atoms with Gasteiger partial charge in [0.1, 0.15) is 17.7 Å². The van der Waals surface area contributed by atoms with E-state index >= 15 is 0 Å². The van der Waals surface area contributed by atoms with E-state index < -0.39 is 0 Å². The van der Waals surface area contributed by atoms with E-state index in [4.69, 9.17) is 5.73 Å². The van der Waals surface area contributed by atoms with E-state index in [1.165, 1.54) is 12.8 Å². The highest BCUT2D eigenvalue weighted by atomic mass is 16.1. The summed E-state index contributed by atoms with van der Waals surface area (Å²) in [6.07, 6.45) is 3.38. The number of primary amides is 1. The van der Waals surface area contributed by atoms with Gasteiger partial charge in [0.15, 0.2) is 0 Å². The second-order valence-electron chi connectivity index (χ2n) is 5.23. The summed E-state index contributed by atoms with van der Waals surface area (Å²) in [5, 5.41) is 11.7. The molecule has 1 unspecified atom stereocenters. The largest absolute Gasteiger partial charge is 0.368 e. The predicted molar refractivity (Wildman–Crippen MR) is 69.2 cm³/mol.